The molecule has 0 saturated carbocycles. The van der Waals surface area contributed by atoms with E-state index in [1.54, 1.807) is 29.9 Å². The number of aromatic carboxylic acids is 1. The van der Waals surface area contributed by atoms with Crippen molar-refractivity contribution in [3.63, 3.8) is 0 Å². The number of fused-ring (bicyclic) bond motifs is 1. The van der Waals surface area contributed by atoms with Gasteiger partial charge < -0.3 is 5.11 Å². The molecule has 0 fully saturated rings. The lowest BCUT2D eigenvalue weighted by Crippen LogP contribution is -2.00. The van der Waals surface area contributed by atoms with Crippen molar-refractivity contribution < 1.29 is 9.90 Å². The number of hydrogen-bond acceptors (Lipinski definition) is 4. The predicted octanol–water partition coefficient (Wildman–Crippen LogP) is 3.82. The molecule has 0 aliphatic rings. The summed E-state index contributed by atoms with van der Waals surface area (Å²) in [6.07, 6.45) is 1.68. The summed E-state index contributed by atoms with van der Waals surface area (Å²) in [7, 11) is 0. The highest BCUT2D eigenvalue weighted by Crippen LogP contribution is 2.28. The number of pyridine rings is 1. The Balaban J connectivity index is 2.34. The highest BCUT2D eigenvalue weighted by atomic mass is 79.9. The molecule has 1 N–H and O–H groups in total. The van der Waals surface area contributed by atoms with Crippen molar-refractivity contribution >= 4 is 44.1 Å². The van der Waals surface area contributed by atoms with Crippen LogP contribution in [0.5, 0.6) is 0 Å². The van der Waals surface area contributed by atoms with Gasteiger partial charge in [-0.15, -0.1) is 11.3 Å². The van der Waals surface area contributed by atoms with E-state index in [0.29, 0.717) is 16.6 Å². The molecule has 2 aromatic heterocycles. The number of carbonyl (C=O) groups is 1. The van der Waals surface area contributed by atoms with Crippen LogP contribution in [-0.4, -0.2) is 21.0 Å². The summed E-state index contributed by atoms with van der Waals surface area (Å²) in [6.45, 7) is 0. The van der Waals surface area contributed by atoms with Gasteiger partial charge in [-0.25, -0.2) is 9.78 Å². The molecule has 0 aliphatic heterocycles. The van der Waals surface area contributed by atoms with E-state index in [-0.39, 0.29) is 5.56 Å². The molecule has 6 heteroatoms. The van der Waals surface area contributed by atoms with Crippen LogP contribution in [0.1, 0.15) is 10.4 Å². The van der Waals surface area contributed by atoms with Crippen LogP contribution >= 0.6 is 27.3 Å². The first-order valence-electron chi connectivity index (χ1n) is 5.37. The second kappa shape index (κ2) is 4.71. The summed E-state index contributed by atoms with van der Waals surface area (Å²) in [5.41, 5.74) is 3.24. The van der Waals surface area contributed by atoms with Crippen molar-refractivity contribution in [3.8, 4) is 10.6 Å². The summed E-state index contributed by atoms with van der Waals surface area (Å²) < 4.78 is 0.829. The van der Waals surface area contributed by atoms with Gasteiger partial charge in [0.15, 0.2) is 0 Å². The SMILES string of the molecule is O=C(O)c1cc(-c2cncs2)nc2ccc(Br)cc12. The van der Waals surface area contributed by atoms with Crippen LogP contribution in [0.25, 0.3) is 21.5 Å². The number of rotatable bonds is 2. The quantitative estimate of drug-likeness (QED) is 0.773. The summed E-state index contributed by atoms with van der Waals surface area (Å²) in [5.74, 6) is -0.962. The van der Waals surface area contributed by atoms with Gasteiger partial charge in [-0.3, -0.25) is 4.98 Å². The van der Waals surface area contributed by atoms with Crippen molar-refractivity contribution in [1.82, 2.24) is 9.97 Å². The van der Waals surface area contributed by atoms with E-state index >= 15 is 0 Å². The van der Waals surface area contributed by atoms with Gasteiger partial charge in [0, 0.05) is 16.1 Å². The molecule has 19 heavy (non-hydrogen) atoms. The van der Waals surface area contributed by atoms with Crippen LogP contribution in [0.3, 0.4) is 0 Å². The lowest BCUT2D eigenvalue weighted by atomic mass is 10.1. The maximum absolute atomic E-state index is 11.4. The first kappa shape index (κ1) is 12.3. The number of hydrogen-bond donors (Lipinski definition) is 1. The second-order valence-electron chi connectivity index (χ2n) is 3.89. The van der Waals surface area contributed by atoms with Crippen molar-refractivity contribution in [2.24, 2.45) is 0 Å². The molecule has 0 unspecified atom stereocenters. The Morgan fingerprint density at radius 2 is 2.16 bits per heavy atom. The van der Waals surface area contributed by atoms with Crippen LogP contribution in [0, 0.1) is 0 Å². The third-order valence-corrected chi connectivity index (χ3v) is 3.97. The zero-order valence-corrected chi connectivity index (χ0v) is 11.9. The first-order chi connectivity index (χ1) is 9.15. The van der Waals surface area contributed by atoms with Gasteiger partial charge in [-0.1, -0.05) is 15.9 Å². The van der Waals surface area contributed by atoms with Crippen LogP contribution in [0.15, 0.2) is 40.4 Å². The monoisotopic (exact) mass is 334 g/mol. The number of aromatic nitrogens is 2. The number of nitrogens with zero attached hydrogens (tertiary/aromatic N) is 2. The van der Waals surface area contributed by atoms with Gasteiger partial charge in [0.05, 0.1) is 27.2 Å². The van der Waals surface area contributed by atoms with E-state index < -0.39 is 5.97 Å². The fourth-order valence-electron chi connectivity index (χ4n) is 1.84. The van der Waals surface area contributed by atoms with Crippen LogP contribution < -0.4 is 0 Å². The third kappa shape index (κ3) is 2.24. The zero-order valence-electron chi connectivity index (χ0n) is 9.50. The molecule has 3 rings (SSSR count). The van der Waals surface area contributed by atoms with Crippen LogP contribution in [0.4, 0.5) is 0 Å². The second-order valence-corrected chi connectivity index (χ2v) is 5.69. The fourth-order valence-corrected chi connectivity index (χ4v) is 2.79. The zero-order chi connectivity index (χ0) is 13.4. The Morgan fingerprint density at radius 3 is 2.84 bits per heavy atom. The fraction of sp³-hybridized carbons (Fsp3) is 0. The van der Waals surface area contributed by atoms with E-state index in [0.717, 1.165) is 9.35 Å². The topological polar surface area (TPSA) is 63.1 Å². The van der Waals surface area contributed by atoms with Crippen molar-refractivity contribution in [2.75, 3.05) is 0 Å². The number of carboxylic acid groups (broad SMARTS) is 1. The van der Waals surface area contributed by atoms with Gasteiger partial charge >= 0.3 is 5.97 Å². The summed E-state index contributed by atoms with van der Waals surface area (Å²) in [5, 5.41) is 9.96. The minimum absolute atomic E-state index is 0.245. The number of thiazole rings is 1. The van der Waals surface area contributed by atoms with Gasteiger partial charge in [0.2, 0.25) is 0 Å². The third-order valence-electron chi connectivity index (χ3n) is 2.69. The minimum Gasteiger partial charge on any atom is -0.478 e. The molecular formula is C13H7BrN2O2S. The standard InChI is InChI=1S/C13H7BrN2O2S/c14-7-1-2-10-8(3-7)9(13(17)18)4-11(16-10)12-5-15-6-19-12/h1-6H,(H,17,18). The van der Waals surface area contributed by atoms with Crippen molar-refractivity contribution in [2.45, 2.75) is 0 Å². The molecule has 0 atom stereocenters. The molecule has 1 aromatic carbocycles. The number of benzene rings is 1. The number of carboxylic acids is 1. The lowest BCUT2D eigenvalue weighted by Gasteiger charge is -2.05. The maximum Gasteiger partial charge on any atom is 0.336 e. The Morgan fingerprint density at radius 1 is 1.32 bits per heavy atom. The predicted molar refractivity (Wildman–Crippen MR) is 77.5 cm³/mol. The van der Waals surface area contributed by atoms with E-state index in [2.05, 4.69) is 25.9 Å². The highest BCUT2D eigenvalue weighted by molar-refractivity contribution is 9.10. The lowest BCUT2D eigenvalue weighted by molar-refractivity contribution is 0.0699. The van der Waals surface area contributed by atoms with Gasteiger partial charge in [-0.05, 0) is 24.3 Å². The minimum atomic E-state index is -0.962. The number of halogens is 1. The van der Waals surface area contributed by atoms with Gasteiger partial charge in [-0.2, -0.15) is 0 Å². The molecule has 0 spiro atoms. The van der Waals surface area contributed by atoms with Crippen molar-refractivity contribution in [1.29, 1.82) is 0 Å². The Bertz CT molecular complexity index is 772. The van der Waals surface area contributed by atoms with Crippen molar-refractivity contribution in [3.05, 3.63) is 46.0 Å². The van der Waals surface area contributed by atoms with E-state index in [4.69, 9.17) is 0 Å². The maximum atomic E-state index is 11.4. The summed E-state index contributed by atoms with van der Waals surface area (Å²) in [6, 6.07) is 7.00. The molecule has 3 aromatic rings. The normalized spacial score (nSPS) is 10.8. The van der Waals surface area contributed by atoms with Crippen LogP contribution in [0.2, 0.25) is 0 Å². The molecular weight excluding hydrogens is 328 g/mol. The molecule has 0 amide bonds. The molecule has 0 aliphatic carbocycles. The Kier molecular flexibility index (Phi) is 3.04. The largest absolute Gasteiger partial charge is 0.478 e. The molecule has 4 nitrogen and oxygen atoms in total. The summed E-state index contributed by atoms with van der Waals surface area (Å²) >= 11 is 4.78. The van der Waals surface area contributed by atoms with E-state index in [1.807, 2.05) is 6.07 Å². The Hall–Kier alpha value is -1.79. The molecule has 0 bridgehead atoms. The van der Waals surface area contributed by atoms with E-state index in [1.165, 1.54) is 11.3 Å². The molecule has 94 valence electrons. The molecule has 0 radical (unpaired) electrons. The smallest absolute Gasteiger partial charge is 0.336 e. The Labute approximate surface area is 120 Å². The van der Waals surface area contributed by atoms with Crippen LogP contribution in [-0.2, 0) is 0 Å². The first-order valence-corrected chi connectivity index (χ1v) is 7.05. The average molecular weight is 335 g/mol. The average Bonchev–Trinajstić information content (AvgIpc) is 2.91. The highest BCUT2D eigenvalue weighted by Gasteiger charge is 2.13. The summed E-state index contributed by atoms with van der Waals surface area (Å²) in [4.78, 5) is 20.7. The molecule has 2 heterocycles. The van der Waals surface area contributed by atoms with E-state index in [9.17, 15) is 9.90 Å². The molecule has 0 saturated heterocycles. The van der Waals surface area contributed by atoms with Gasteiger partial charge in [0.25, 0.3) is 0 Å². The van der Waals surface area contributed by atoms with Gasteiger partial charge in [0.1, 0.15) is 0 Å².